The first-order valence-corrected chi connectivity index (χ1v) is 6.33. The minimum Gasteiger partial charge on any atom is -0.384 e. The van der Waals surface area contributed by atoms with Gasteiger partial charge in [0.1, 0.15) is 5.60 Å². The van der Waals surface area contributed by atoms with E-state index in [4.69, 9.17) is 0 Å². The van der Waals surface area contributed by atoms with Crippen molar-refractivity contribution in [1.29, 1.82) is 0 Å². The second-order valence-electron chi connectivity index (χ2n) is 4.55. The summed E-state index contributed by atoms with van der Waals surface area (Å²) in [5.41, 5.74) is 0.335. The Bertz CT molecular complexity index is 311. The van der Waals surface area contributed by atoms with E-state index in [2.05, 4.69) is 12.0 Å². The van der Waals surface area contributed by atoms with Gasteiger partial charge >= 0.3 is 0 Å². The van der Waals surface area contributed by atoms with E-state index >= 15 is 0 Å². The van der Waals surface area contributed by atoms with Crippen molar-refractivity contribution in [3.8, 4) is 0 Å². The number of hydrogen-bond donors (Lipinski definition) is 1. The number of aromatic nitrogens is 2. The summed E-state index contributed by atoms with van der Waals surface area (Å²) < 4.78 is 1.79. The SMILES string of the molecule is CC.CC1CCC(O)(c2ccnn2C)CC1. The number of aliphatic hydroxyl groups is 1. The summed E-state index contributed by atoms with van der Waals surface area (Å²) in [5, 5.41) is 14.6. The third-order valence-corrected chi connectivity index (χ3v) is 3.40. The highest BCUT2D eigenvalue weighted by molar-refractivity contribution is 5.12. The molecule has 1 aliphatic carbocycles. The highest BCUT2D eigenvalue weighted by Gasteiger charge is 2.35. The molecule has 0 aromatic carbocycles. The van der Waals surface area contributed by atoms with E-state index in [1.807, 2.05) is 27.0 Å². The van der Waals surface area contributed by atoms with Crippen LogP contribution in [0.4, 0.5) is 0 Å². The smallest absolute Gasteiger partial charge is 0.106 e. The standard InChI is InChI=1S/C11H18N2O.C2H6/c1-9-3-6-11(14,7-4-9)10-5-8-12-13(10)2;1-2/h5,8-9,14H,3-4,6-7H2,1-2H3;1-2H3. The maximum absolute atomic E-state index is 10.5. The Morgan fingerprint density at radius 1 is 1.38 bits per heavy atom. The topological polar surface area (TPSA) is 38.1 Å². The van der Waals surface area contributed by atoms with Crippen LogP contribution in [0.3, 0.4) is 0 Å². The van der Waals surface area contributed by atoms with Crippen LogP contribution in [0.25, 0.3) is 0 Å². The fourth-order valence-electron chi connectivity index (χ4n) is 2.33. The lowest BCUT2D eigenvalue weighted by molar-refractivity contribution is -0.0188. The van der Waals surface area contributed by atoms with E-state index in [1.54, 1.807) is 10.9 Å². The fourth-order valence-corrected chi connectivity index (χ4v) is 2.33. The van der Waals surface area contributed by atoms with Gasteiger partial charge in [-0.05, 0) is 37.7 Å². The molecule has 0 amide bonds. The van der Waals surface area contributed by atoms with Crippen molar-refractivity contribution in [1.82, 2.24) is 9.78 Å². The second-order valence-corrected chi connectivity index (χ2v) is 4.55. The average molecular weight is 224 g/mol. The van der Waals surface area contributed by atoms with Crippen LogP contribution >= 0.6 is 0 Å². The lowest BCUT2D eigenvalue weighted by atomic mass is 9.78. The molecule has 1 aromatic rings. The summed E-state index contributed by atoms with van der Waals surface area (Å²) in [7, 11) is 1.89. The summed E-state index contributed by atoms with van der Waals surface area (Å²) in [4.78, 5) is 0. The minimum absolute atomic E-state index is 0.627. The molecule has 0 bridgehead atoms. The molecule has 0 unspecified atom stereocenters. The molecular formula is C13H24N2O. The zero-order valence-electron chi connectivity index (χ0n) is 10.9. The van der Waals surface area contributed by atoms with Gasteiger partial charge in [-0.15, -0.1) is 0 Å². The summed E-state index contributed by atoms with van der Waals surface area (Å²) in [6.07, 6.45) is 5.72. The number of aryl methyl sites for hydroxylation is 1. The summed E-state index contributed by atoms with van der Waals surface area (Å²) >= 11 is 0. The van der Waals surface area contributed by atoms with Crippen molar-refractivity contribution >= 4 is 0 Å². The monoisotopic (exact) mass is 224 g/mol. The molecule has 16 heavy (non-hydrogen) atoms. The Morgan fingerprint density at radius 2 is 1.94 bits per heavy atom. The Morgan fingerprint density at radius 3 is 2.38 bits per heavy atom. The molecule has 0 atom stereocenters. The zero-order chi connectivity index (χ0) is 12.2. The molecule has 1 saturated carbocycles. The first-order valence-electron chi connectivity index (χ1n) is 6.33. The Balaban J connectivity index is 0.000000606. The highest BCUT2D eigenvalue weighted by Crippen LogP contribution is 2.38. The Kier molecular flexibility index (Phi) is 4.54. The van der Waals surface area contributed by atoms with Crippen molar-refractivity contribution < 1.29 is 5.11 Å². The molecule has 2 rings (SSSR count). The third-order valence-electron chi connectivity index (χ3n) is 3.40. The van der Waals surface area contributed by atoms with Gasteiger partial charge in [-0.1, -0.05) is 20.8 Å². The van der Waals surface area contributed by atoms with Crippen molar-refractivity contribution in [2.75, 3.05) is 0 Å². The maximum atomic E-state index is 10.5. The first-order chi connectivity index (χ1) is 7.62. The molecule has 0 spiro atoms. The van der Waals surface area contributed by atoms with Gasteiger partial charge in [0.05, 0.1) is 5.69 Å². The van der Waals surface area contributed by atoms with Gasteiger partial charge in [-0.2, -0.15) is 5.10 Å². The van der Waals surface area contributed by atoms with Crippen molar-refractivity contribution in [2.24, 2.45) is 13.0 Å². The molecule has 1 N–H and O–H groups in total. The van der Waals surface area contributed by atoms with E-state index in [9.17, 15) is 5.11 Å². The molecule has 92 valence electrons. The van der Waals surface area contributed by atoms with Crippen LogP contribution in [0.5, 0.6) is 0 Å². The van der Waals surface area contributed by atoms with Gasteiger partial charge in [0.25, 0.3) is 0 Å². The average Bonchev–Trinajstić information content (AvgIpc) is 2.73. The van der Waals surface area contributed by atoms with E-state index in [-0.39, 0.29) is 0 Å². The normalized spacial score (nSPS) is 29.4. The van der Waals surface area contributed by atoms with Gasteiger partial charge in [0.15, 0.2) is 0 Å². The molecule has 3 nitrogen and oxygen atoms in total. The number of hydrogen-bond acceptors (Lipinski definition) is 2. The van der Waals surface area contributed by atoms with Crippen LogP contribution in [0.15, 0.2) is 12.3 Å². The third kappa shape index (κ3) is 2.64. The number of rotatable bonds is 1. The zero-order valence-corrected chi connectivity index (χ0v) is 10.9. The molecule has 1 fully saturated rings. The molecule has 1 aromatic heterocycles. The molecule has 1 aliphatic rings. The van der Waals surface area contributed by atoms with E-state index in [0.717, 1.165) is 37.3 Å². The van der Waals surface area contributed by atoms with Crippen molar-refractivity contribution in [3.63, 3.8) is 0 Å². The largest absolute Gasteiger partial charge is 0.384 e. The van der Waals surface area contributed by atoms with Crippen LogP contribution < -0.4 is 0 Å². The molecule has 0 aliphatic heterocycles. The van der Waals surface area contributed by atoms with Crippen molar-refractivity contribution in [2.45, 2.75) is 52.1 Å². The van der Waals surface area contributed by atoms with E-state index in [1.165, 1.54) is 0 Å². The Labute approximate surface area is 98.5 Å². The lowest BCUT2D eigenvalue weighted by Crippen LogP contribution is -2.32. The van der Waals surface area contributed by atoms with Gasteiger partial charge in [-0.25, -0.2) is 0 Å². The van der Waals surface area contributed by atoms with Crippen LogP contribution in [-0.2, 0) is 12.6 Å². The van der Waals surface area contributed by atoms with Gasteiger partial charge < -0.3 is 5.11 Å². The fraction of sp³-hybridized carbons (Fsp3) is 0.769. The number of nitrogens with zero attached hydrogens (tertiary/aromatic N) is 2. The van der Waals surface area contributed by atoms with Crippen LogP contribution in [0.2, 0.25) is 0 Å². The summed E-state index contributed by atoms with van der Waals surface area (Å²) in [5.74, 6) is 0.753. The lowest BCUT2D eigenvalue weighted by Gasteiger charge is -2.34. The summed E-state index contributed by atoms with van der Waals surface area (Å²) in [6, 6.07) is 1.93. The molecule has 0 radical (unpaired) electrons. The quantitative estimate of drug-likeness (QED) is 0.796. The predicted molar refractivity (Wildman–Crippen MR) is 66.1 cm³/mol. The second kappa shape index (κ2) is 5.48. The predicted octanol–water partition coefficient (Wildman–Crippen LogP) is 2.84. The molecule has 1 heterocycles. The minimum atomic E-state index is -0.627. The van der Waals surface area contributed by atoms with Crippen LogP contribution in [0, 0.1) is 5.92 Å². The van der Waals surface area contributed by atoms with Crippen LogP contribution in [0.1, 0.15) is 52.1 Å². The molecule has 3 heteroatoms. The molecular weight excluding hydrogens is 200 g/mol. The Hall–Kier alpha value is -0.830. The van der Waals surface area contributed by atoms with Gasteiger partial charge in [0.2, 0.25) is 0 Å². The van der Waals surface area contributed by atoms with Crippen molar-refractivity contribution in [3.05, 3.63) is 18.0 Å². The van der Waals surface area contributed by atoms with E-state index in [0.29, 0.717) is 0 Å². The van der Waals surface area contributed by atoms with Crippen LogP contribution in [-0.4, -0.2) is 14.9 Å². The first kappa shape index (κ1) is 13.2. The highest BCUT2D eigenvalue weighted by atomic mass is 16.3. The van der Waals surface area contributed by atoms with Gasteiger partial charge in [-0.3, -0.25) is 4.68 Å². The van der Waals surface area contributed by atoms with Gasteiger partial charge in [0, 0.05) is 13.2 Å². The summed E-state index contributed by atoms with van der Waals surface area (Å²) in [6.45, 7) is 6.25. The molecule has 0 saturated heterocycles. The van der Waals surface area contributed by atoms with E-state index < -0.39 is 5.60 Å². The maximum Gasteiger partial charge on any atom is 0.106 e.